The van der Waals surface area contributed by atoms with E-state index in [2.05, 4.69) is 10.4 Å². The Kier molecular flexibility index (Phi) is 7.41. The highest BCUT2D eigenvalue weighted by Crippen LogP contribution is 2.48. The van der Waals surface area contributed by atoms with Gasteiger partial charge in [-0.1, -0.05) is 88.3 Å². The third kappa shape index (κ3) is 5.42. The Morgan fingerprint density at radius 3 is 2.27 bits per heavy atom. The fourth-order valence-corrected chi connectivity index (χ4v) is 4.13. The molecule has 0 aliphatic heterocycles. The number of carbonyl (C=O) groups is 1. The van der Waals surface area contributed by atoms with Crippen molar-refractivity contribution in [1.82, 2.24) is 9.78 Å². The molecule has 0 saturated heterocycles. The first kappa shape index (κ1) is 23.8. The van der Waals surface area contributed by atoms with E-state index in [1.807, 2.05) is 30.3 Å². The molecule has 2 heterocycles. The summed E-state index contributed by atoms with van der Waals surface area (Å²) in [6, 6.07) is 14.7. The van der Waals surface area contributed by atoms with E-state index >= 15 is 0 Å². The van der Waals surface area contributed by atoms with Gasteiger partial charge in [0.1, 0.15) is 22.4 Å². The predicted octanol–water partition coefficient (Wildman–Crippen LogP) is 7.62. The summed E-state index contributed by atoms with van der Waals surface area (Å²) in [4.78, 5) is 12.5. The average molecular weight is 546 g/mol. The number of benzene rings is 2. The normalized spacial score (nSPS) is 10.9. The fraction of sp³-hybridized carbons (Fsp3) is 0.0909. The minimum atomic E-state index is -0.458. The van der Waals surface area contributed by atoms with Gasteiger partial charge in [-0.25, -0.2) is 0 Å². The van der Waals surface area contributed by atoms with Crippen molar-refractivity contribution in [3.8, 4) is 5.75 Å². The van der Waals surface area contributed by atoms with Crippen LogP contribution in [-0.2, 0) is 13.2 Å². The maximum absolute atomic E-state index is 12.5. The van der Waals surface area contributed by atoms with E-state index in [0.29, 0.717) is 18.1 Å². The second kappa shape index (κ2) is 10.3. The number of ether oxygens (including phenoxy) is 1. The summed E-state index contributed by atoms with van der Waals surface area (Å²) >= 11 is 30.4. The molecule has 1 amide bonds. The Morgan fingerprint density at radius 1 is 0.909 bits per heavy atom. The molecule has 4 aromatic rings. The largest absolute Gasteiger partial charge is 0.482 e. The van der Waals surface area contributed by atoms with Gasteiger partial charge in [-0.3, -0.25) is 9.48 Å². The standard InChI is InChI=1S/C22H14Cl5N3O3/c23-16-17(24)19(26)21(20(27)18(16)25)32-11-13-6-7-14(33-13)22(31)28-15-8-9-30(29-15)10-12-4-2-1-3-5-12/h1-9H,10-11H2,(H,28,29,31). The zero-order chi connectivity index (χ0) is 23.5. The summed E-state index contributed by atoms with van der Waals surface area (Å²) in [5.74, 6) is 0.428. The number of anilines is 1. The number of hydrogen-bond acceptors (Lipinski definition) is 4. The van der Waals surface area contributed by atoms with Crippen LogP contribution in [-0.4, -0.2) is 15.7 Å². The van der Waals surface area contributed by atoms with Crippen LogP contribution in [0.15, 0.2) is 59.1 Å². The number of amides is 1. The molecule has 2 aromatic carbocycles. The van der Waals surface area contributed by atoms with Crippen molar-refractivity contribution >= 4 is 69.7 Å². The van der Waals surface area contributed by atoms with Crippen molar-refractivity contribution in [2.45, 2.75) is 13.2 Å². The average Bonchev–Trinajstić information content (AvgIpc) is 3.47. The van der Waals surface area contributed by atoms with Gasteiger partial charge in [0.25, 0.3) is 5.91 Å². The topological polar surface area (TPSA) is 69.3 Å². The van der Waals surface area contributed by atoms with Crippen LogP contribution >= 0.6 is 58.0 Å². The van der Waals surface area contributed by atoms with Crippen LogP contribution in [0.2, 0.25) is 25.1 Å². The number of nitrogens with zero attached hydrogens (tertiary/aromatic N) is 2. The van der Waals surface area contributed by atoms with Gasteiger partial charge in [0.05, 0.1) is 21.6 Å². The first-order chi connectivity index (χ1) is 15.8. The first-order valence-corrected chi connectivity index (χ1v) is 11.3. The Bertz CT molecular complexity index is 1280. The number of furan rings is 1. The summed E-state index contributed by atoms with van der Waals surface area (Å²) in [5, 5.41) is 7.16. The lowest BCUT2D eigenvalue weighted by atomic mass is 10.2. The molecule has 170 valence electrons. The maximum atomic E-state index is 12.5. The van der Waals surface area contributed by atoms with Crippen LogP contribution < -0.4 is 10.1 Å². The first-order valence-electron chi connectivity index (χ1n) is 9.45. The third-order valence-electron chi connectivity index (χ3n) is 4.48. The van der Waals surface area contributed by atoms with Crippen LogP contribution in [0, 0.1) is 0 Å². The van der Waals surface area contributed by atoms with Gasteiger partial charge in [-0.15, -0.1) is 0 Å². The van der Waals surface area contributed by atoms with Crippen molar-refractivity contribution in [3.05, 3.63) is 96.9 Å². The second-order valence-corrected chi connectivity index (χ2v) is 8.68. The molecule has 0 saturated carbocycles. The quantitative estimate of drug-likeness (QED) is 0.192. The van der Waals surface area contributed by atoms with E-state index in [4.69, 9.17) is 67.2 Å². The van der Waals surface area contributed by atoms with Crippen molar-refractivity contribution in [3.63, 3.8) is 0 Å². The summed E-state index contributed by atoms with van der Waals surface area (Å²) in [7, 11) is 0. The van der Waals surface area contributed by atoms with Gasteiger partial charge in [0.15, 0.2) is 17.3 Å². The highest BCUT2D eigenvalue weighted by atomic mass is 35.5. The van der Waals surface area contributed by atoms with Crippen LogP contribution in [0.3, 0.4) is 0 Å². The lowest BCUT2D eigenvalue weighted by molar-refractivity contribution is 0.0992. The lowest BCUT2D eigenvalue weighted by Crippen LogP contribution is -2.12. The molecule has 0 spiro atoms. The Hall–Kier alpha value is -2.35. The van der Waals surface area contributed by atoms with Gasteiger partial charge in [-0.2, -0.15) is 5.10 Å². The number of halogens is 5. The van der Waals surface area contributed by atoms with Crippen LogP contribution in [0.4, 0.5) is 5.82 Å². The smallest absolute Gasteiger partial charge is 0.292 e. The van der Waals surface area contributed by atoms with Crippen LogP contribution in [0.5, 0.6) is 5.75 Å². The van der Waals surface area contributed by atoms with Crippen molar-refractivity contribution < 1.29 is 13.9 Å². The number of nitrogens with one attached hydrogen (secondary N) is 1. The van der Waals surface area contributed by atoms with E-state index in [-0.39, 0.29) is 43.2 Å². The van der Waals surface area contributed by atoms with Gasteiger partial charge in [0.2, 0.25) is 0 Å². The third-order valence-corrected chi connectivity index (χ3v) is 6.73. The predicted molar refractivity (Wildman–Crippen MR) is 130 cm³/mol. The van der Waals surface area contributed by atoms with E-state index in [1.165, 1.54) is 6.07 Å². The summed E-state index contributed by atoms with van der Waals surface area (Å²) < 4.78 is 12.9. The minimum absolute atomic E-state index is 0.0201. The molecule has 0 aliphatic carbocycles. The number of hydrogen-bond donors (Lipinski definition) is 1. The number of carbonyl (C=O) groups excluding carboxylic acids is 1. The van der Waals surface area contributed by atoms with E-state index in [9.17, 15) is 4.79 Å². The molecule has 0 radical (unpaired) electrons. The van der Waals surface area contributed by atoms with Crippen LogP contribution in [0.1, 0.15) is 21.9 Å². The molecule has 2 aromatic heterocycles. The second-order valence-electron chi connectivity index (χ2n) is 6.79. The molecular formula is C22H14Cl5N3O3. The van der Waals surface area contributed by atoms with Crippen molar-refractivity contribution in [1.29, 1.82) is 0 Å². The van der Waals surface area contributed by atoms with Gasteiger partial charge < -0.3 is 14.5 Å². The summed E-state index contributed by atoms with van der Waals surface area (Å²) in [6.45, 7) is 0.509. The highest BCUT2D eigenvalue weighted by Gasteiger charge is 2.21. The highest BCUT2D eigenvalue weighted by molar-refractivity contribution is 6.55. The fourth-order valence-electron chi connectivity index (χ4n) is 2.90. The Balaban J connectivity index is 1.39. The van der Waals surface area contributed by atoms with Crippen LogP contribution in [0.25, 0.3) is 0 Å². The lowest BCUT2D eigenvalue weighted by Gasteiger charge is -2.12. The molecule has 0 aliphatic rings. The monoisotopic (exact) mass is 543 g/mol. The number of rotatable bonds is 7. The summed E-state index contributed by atoms with van der Waals surface area (Å²) in [5.41, 5.74) is 1.10. The molecule has 1 N–H and O–H groups in total. The number of aromatic nitrogens is 2. The van der Waals surface area contributed by atoms with Gasteiger partial charge in [-0.05, 0) is 17.7 Å². The molecule has 4 rings (SSSR count). The zero-order valence-corrected chi connectivity index (χ0v) is 20.4. The minimum Gasteiger partial charge on any atom is -0.482 e. The molecular weight excluding hydrogens is 532 g/mol. The van der Waals surface area contributed by atoms with E-state index in [0.717, 1.165) is 5.56 Å². The van der Waals surface area contributed by atoms with Crippen molar-refractivity contribution in [2.75, 3.05) is 5.32 Å². The zero-order valence-electron chi connectivity index (χ0n) is 16.6. The van der Waals surface area contributed by atoms with Gasteiger partial charge in [0, 0.05) is 12.3 Å². The molecule has 6 nitrogen and oxygen atoms in total. The van der Waals surface area contributed by atoms with E-state index in [1.54, 1.807) is 23.0 Å². The Labute approximate surface area is 213 Å². The Morgan fingerprint density at radius 2 is 1.58 bits per heavy atom. The molecule has 33 heavy (non-hydrogen) atoms. The van der Waals surface area contributed by atoms with Gasteiger partial charge >= 0.3 is 0 Å². The molecule has 0 fully saturated rings. The molecule has 0 atom stereocenters. The molecule has 11 heteroatoms. The SMILES string of the molecule is O=C(Nc1ccn(Cc2ccccc2)n1)c1ccc(COc2c(Cl)c(Cl)c(Cl)c(Cl)c2Cl)o1. The maximum Gasteiger partial charge on any atom is 0.292 e. The molecule has 0 unspecified atom stereocenters. The molecule has 0 bridgehead atoms. The van der Waals surface area contributed by atoms with Crippen molar-refractivity contribution in [2.24, 2.45) is 0 Å². The van der Waals surface area contributed by atoms with E-state index < -0.39 is 5.91 Å². The summed E-state index contributed by atoms with van der Waals surface area (Å²) in [6.07, 6.45) is 1.78.